The SMILES string of the molecule is CC1CCC(NC(=O)N2CCOCC2)CCCCC2C1CCC1(C)C(c3ccc(=O)oc3)CCC21O. The van der Waals surface area contributed by atoms with Crippen molar-refractivity contribution in [1.82, 2.24) is 10.2 Å². The summed E-state index contributed by atoms with van der Waals surface area (Å²) in [5.41, 5.74) is -0.152. The predicted octanol–water partition coefficient (Wildman–Crippen LogP) is 4.68. The lowest BCUT2D eigenvalue weighted by Crippen LogP contribution is -2.57. The van der Waals surface area contributed by atoms with Crippen molar-refractivity contribution in [3.05, 3.63) is 34.4 Å². The molecule has 4 fully saturated rings. The molecule has 2 heterocycles. The number of urea groups is 1. The van der Waals surface area contributed by atoms with Crippen LogP contribution in [0, 0.1) is 23.2 Å². The van der Waals surface area contributed by atoms with Crippen LogP contribution in [0.1, 0.15) is 89.5 Å². The van der Waals surface area contributed by atoms with E-state index < -0.39 is 5.60 Å². The van der Waals surface area contributed by atoms with Gasteiger partial charge in [-0.15, -0.1) is 0 Å². The van der Waals surface area contributed by atoms with Gasteiger partial charge >= 0.3 is 11.7 Å². The van der Waals surface area contributed by atoms with E-state index in [1.165, 1.54) is 6.07 Å². The highest BCUT2D eigenvalue weighted by atomic mass is 16.5. The van der Waals surface area contributed by atoms with Crippen LogP contribution >= 0.6 is 0 Å². The molecular weight excluding hydrogens is 456 g/mol. The Labute approximate surface area is 215 Å². The second-order valence-corrected chi connectivity index (χ2v) is 12.2. The first-order chi connectivity index (χ1) is 17.3. The number of ether oxygens (including phenoxy) is 1. The zero-order chi connectivity index (χ0) is 25.3. The molecule has 4 aliphatic rings. The summed E-state index contributed by atoms with van der Waals surface area (Å²) in [6.07, 6.45) is 11.8. The van der Waals surface area contributed by atoms with E-state index >= 15 is 0 Å². The van der Waals surface area contributed by atoms with Crippen LogP contribution in [0.25, 0.3) is 0 Å². The second-order valence-electron chi connectivity index (χ2n) is 12.2. The predicted molar refractivity (Wildman–Crippen MR) is 138 cm³/mol. The van der Waals surface area contributed by atoms with Crippen molar-refractivity contribution < 1.29 is 19.1 Å². The molecule has 5 rings (SSSR count). The largest absolute Gasteiger partial charge is 0.431 e. The summed E-state index contributed by atoms with van der Waals surface area (Å²) in [5, 5.41) is 15.7. The van der Waals surface area contributed by atoms with Gasteiger partial charge < -0.3 is 24.5 Å². The molecule has 0 radical (unpaired) electrons. The zero-order valence-electron chi connectivity index (χ0n) is 22.0. The number of carbonyl (C=O) groups excluding carboxylic acids is 1. The summed E-state index contributed by atoms with van der Waals surface area (Å²) in [7, 11) is 0. The van der Waals surface area contributed by atoms with Crippen LogP contribution in [0.2, 0.25) is 0 Å². The summed E-state index contributed by atoms with van der Waals surface area (Å²) in [6.45, 7) is 7.24. The number of aliphatic hydroxyl groups is 1. The Morgan fingerprint density at radius 1 is 1.06 bits per heavy atom. The lowest BCUT2D eigenvalue weighted by atomic mass is 9.52. The third-order valence-corrected chi connectivity index (χ3v) is 10.5. The van der Waals surface area contributed by atoms with Gasteiger partial charge in [0.2, 0.25) is 0 Å². The minimum absolute atomic E-state index is 0.0578. The van der Waals surface area contributed by atoms with Gasteiger partial charge in [0.05, 0.1) is 25.1 Å². The van der Waals surface area contributed by atoms with E-state index in [4.69, 9.17) is 9.15 Å². The molecule has 7 atom stereocenters. The highest BCUT2D eigenvalue weighted by Crippen LogP contribution is 2.66. The van der Waals surface area contributed by atoms with Gasteiger partial charge in [-0.2, -0.15) is 0 Å². The van der Waals surface area contributed by atoms with E-state index in [0.717, 1.165) is 69.8 Å². The molecule has 0 aromatic carbocycles. The van der Waals surface area contributed by atoms with Crippen molar-refractivity contribution in [3.8, 4) is 0 Å². The van der Waals surface area contributed by atoms with Gasteiger partial charge in [0, 0.05) is 30.6 Å². The van der Waals surface area contributed by atoms with Gasteiger partial charge in [0.15, 0.2) is 0 Å². The van der Waals surface area contributed by atoms with Crippen molar-refractivity contribution >= 4 is 6.03 Å². The van der Waals surface area contributed by atoms with Crippen LogP contribution in [0.3, 0.4) is 0 Å². The van der Waals surface area contributed by atoms with E-state index in [2.05, 4.69) is 19.2 Å². The molecule has 1 aliphatic heterocycles. The quantitative estimate of drug-likeness (QED) is 0.615. The fraction of sp³-hybridized carbons (Fsp3) is 0.793. The van der Waals surface area contributed by atoms with Crippen molar-refractivity contribution in [2.75, 3.05) is 26.3 Å². The Balaban J connectivity index is 1.28. The highest BCUT2D eigenvalue weighted by Gasteiger charge is 2.63. The first-order valence-electron chi connectivity index (χ1n) is 14.3. The normalized spacial score (nSPS) is 39.6. The fourth-order valence-electron chi connectivity index (χ4n) is 8.28. The van der Waals surface area contributed by atoms with Crippen molar-refractivity contribution in [1.29, 1.82) is 0 Å². The molecule has 0 bridgehead atoms. The molecule has 1 aromatic rings. The Hall–Kier alpha value is -1.86. The average molecular weight is 501 g/mol. The Kier molecular flexibility index (Phi) is 7.51. The van der Waals surface area contributed by atoms with Crippen molar-refractivity contribution in [2.45, 2.75) is 95.6 Å². The number of morpholine rings is 1. The second kappa shape index (κ2) is 10.5. The third kappa shape index (κ3) is 4.73. The van der Waals surface area contributed by atoms with Crippen LogP contribution in [0.4, 0.5) is 4.79 Å². The van der Waals surface area contributed by atoms with Crippen molar-refractivity contribution in [3.63, 3.8) is 0 Å². The molecule has 200 valence electrons. The topological polar surface area (TPSA) is 92.0 Å². The first-order valence-corrected chi connectivity index (χ1v) is 14.3. The Morgan fingerprint density at radius 3 is 2.58 bits per heavy atom. The molecule has 3 saturated carbocycles. The standard InChI is InChI=1S/C29H44N2O5/c1-20-7-9-22(30-27(33)31-15-17-35-18-16-31)5-3-4-6-25-23(20)11-13-28(2)24(12-14-29(25,28)34)21-8-10-26(32)36-19-21/h8,10,19-20,22-25,34H,3-7,9,11-18H2,1-2H3,(H,30,33). The maximum absolute atomic E-state index is 12.8. The molecule has 2 amide bonds. The summed E-state index contributed by atoms with van der Waals surface area (Å²) in [4.78, 5) is 26.2. The van der Waals surface area contributed by atoms with E-state index in [-0.39, 0.29) is 29.0 Å². The molecule has 3 aliphatic carbocycles. The summed E-state index contributed by atoms with van der Waals surface area (Å²) in [5.74, 6) is 1.53. The number of nitrogens with zero attached hydrogens (tertiary/aromatic N) is 1. The number of nitrogens with one attached hydrogen (secondary N) is 1. The number of hydrogen-bond donors (Lipinski definition) is 2. The molecule has 7 heteroatoms. The summed E-state index contributed by atoms with van der Waals surface area (Å²) < 4.78 is 10.6. The van der Waals surface area contributed by atoms with E-state index in [9.17, 15) is 14.7 Å². The highest BCUT2D eigenvalue weighted by molar-refractivity contribution is 5.74. The molecule has 1 saturated heterocycles. The van der Waals surface area contributed by atoms with Gasteiger partial charge in [-0.1, -0.05) is 26.7 Å². The molecule has 7 unspecified atom stereocenters. The fourth-order valence-corrected chi connectivity index (χ4v) is 8.28. The Bertz CT molecular complexity index is 954. The monoisotopic (exact) mass is 500 g/mol. The molecule has 7 nitrogen and oxygen atoms in total. The smallest absolute Gasteiger partial charge is 0.335 e. The van der Waals surface area contributed by atoms with Crippen LogP contribution in [-0.4, -0.2) is 54.0 Å². The van der Waals surface area contributed by atoms with Crippen LogP contribution in [-0.2, 0) is 4.74 Å². The average Bonchev–Trinajstić information content (AvgIpc) is 3.16. The number of carbonyl (C=O) groups is 1. The van der Waals surface area contributed by atoms with E-state index in [0.29, 0.717) is 44.1 Å². The number of rotatable bonds is 2. The molecule has 0 spiro atoms. The number of amides is 2. The summed E-state index contributed by atoms with van der Waals surface area (Å²) >= 11 is 0. The van der Waals surface area contributed by atoms with Crippen molar-refractivity contribution in [2.24, 2.45) is 23.2 Å². The molecular formula is C29H44N2O5. The van der Waals surface area contributed by atoms with E-state index in [1.54, 1.807) is 6.26 Å². The Morgan fingerprint density at radius 2 is 1.83 bits per heavy atom. The van der Waals surface area contributed by atoms with Gasteiger partial charge in [-0.3, -0.25) is 0 Å². The lowest BCUT2D eigenvalue weighted by Gasteiger charge is -2.56. The minimum Gasteiger partial charge on any atom is -0.431 e. The maximum atomic E-state index is 12.8. The third-order valence-electron chi connectivity index (χ3n) is 10.5. The minimum atomic E-state index is -0.686. The zero-order valence-corrected chi connectivity index (χ0v) is 22.0. The maximum Gasteiger partial charge on any atom is 0.335 e. The van der Waals surface area contributed by atoms with Crippen LogP contribution < -0.4 is 10.9 Å². The number of fused-ring (bicyclic) bond motifs is 3. The number of hydrogen-bond acceptors (Lipinski definition) is 5. The molecule has 36 heavy (non-hydrogen) atoms. The van der Waals surface area contributed by atoms with Gasteiger partial charge in [0.1, 0.15) is 0 Å². The molecule has 1 aromatic heterocycles. The first kappa shape index (κ1) is 25.8. The van der Waals surface area contributed by atoms with Gasteiger partial charge in [0.25, 0.3) is 0 Å². The molecule has 2 N–H and O–H groups in total. The van der Waals surface area contributed by atoms with Crippen LogP contribution in [0.5, 0.6) is 0 Å². The van der Waals surface area contributed by atoms with Gasteiger partial charge in [-0.25, -0.2) is 9.59 Å². The summed E-state index contributed by atoms with van der Waals surface area (Å²) in [6, 6.07) is 3.70. The lowest BCUT2D eigenvalue weighted by molar-refractivity contribution is -0.162. The van der Waals surface area contributed by atoms with E-state index in [1.807, 2.05) is 11.0 Å². The van der Waals surface area contributed by atoms with Gasteiger partial charge in [-0.05, 0) is 86.7 Å². The van der Waals surface area contributed by atoms with Crippen LogP contribution in [0.15, 0.2) is 27.6 Å².